The second-order valence-corrected chi connectivity index (χ2v) is 3.22. The largest absolute Gasteiger partial charge is 0.460 e. The minimum atomic E-state index is -1.78. The molecule has 1 heterocycles. The Hall–Kier alpha value is -0.600. The first kappa shape index (κ1) is 8.50. The van der Waals surface area contributed by atoms with E-state index in [1.165, 1.54) is 6.92 Å². The van der Waals surface area contributed by atoms with E-state index in [9.17, 15) is 9.18 Å². The third-order valence-corrected chi connectivity index (χ3v) is 2.47. The molecule has 3 unspecified atom stereocenters. The van der Waals surface area contributed by atoms with Gasteiger partial charge in [0.25, 0.3) is 0 Å². The lowest BCUT2D eigenvalue weighted by molar-refractivity contribution is -0.149. The third-order valence-electron chi connectivity index (χ3n) is 2.47. The Kier molecular flexibility index (Phi) is 1.90. The predicted octanol–water partition coefficient (Wildman–Crippen LogP) is 1.69. The van der Waals surface area contributed by atoms with Crippen LogP contribution >= 0.6 is 0 Å². The van der Waals surface area contributed by atoms with E-state index in [4.69, 9.17) is 4.74 Å². The summed E-state index contributed by atoms with van der Waals surface area (Å²) in [6, 6.07) is 0. The molecule has 0 bridgehead atoms. The molecular weight excluding hydrogens is 147 g/mol. The lowest BCUT2D eigenvalue weighted by Crippen LogP contribution is -2.31. The monoisotopic (exact) mass is 160 g/mol. The number of halogens is 1. The highest BCUT2D eigenvalue weighted by atomic mass is 19.1. The maximum absolute atomic E-state index is 13.4. The number of carbonyl (C=O) groups excluding carboxylic acids is 1. The summed E-state index contributed by atoms with van der Waals surface area (Å²) >= 11 is 0. The summed E-state index contributed by atoms with van der Waals surface area (Å²) in [7, 11) is 0. The highest BCUT2D eigenvalue weighted by Crippen LogP contribution is 2.36. The van der Waals surface area contributed by atoms with Crippen molar-refractivity contribution in [2.24, 2.45) is 5.92 Å². The molecule has 2 nitrogen and oxygen atoms in total. The quantitative estimate of drug-likeness (QED) is 0.545. The molecule has 64 valence electrons. The Balaban J connectivity index is 2.80. The van der Waals surface area contributed by atoms with Crippen LogP contribution in [0.3, 0.4) is 0 Å². The van der Waals surface area contributed by atoms with Crippen LogP contribution in [0.25, 0.3) is 0 Å². The number of rotatable bonds is 1. The Bertz CT molecular complexity index is 177. The molecule has 3 heteroatoms. The van der Waals surface area contributed by atoms with Gasteiger partial charge in [0.05, 0.1) is 0 Å². The Morgan fingerprint density at radius 1 is 1.73 bits per heavy atom. The lowest BCUT2D eigenvalue weighted by atomic mass is 9.90. The Labute approximate surface area is 65.7 Å². The Morgan fingerprint density at radius 2 is 2.27 bits per heavy atom. The summed E-state index contributed by atoms with van der Waals surface area (Å²) in [6.07, 6.45) is 0.448. The average Bonchev–Trinajstić information content (AvgIpc) is 2.14. The van der Waals surface area contributed by atoms with Gasteiger partial charge in [-0.05, 0) is 13.3 Å². The number of ether oxygens (including phenoxy) is 1. The van der Waals surface area contributed by atoms with E-state index < -0.39 is 11.6 Å². The molecule has 0 amide bonds. The molecule has 0 aromatic rings. The number of alkyl halides is 1. The number of hydrogen-bond acceptors (Lipinski definition) is 2. The number of esters is 1. The van der Waals surface area contributed by atoms with Crippen LogP contribution in [0.1, 0.15) is 27.2 Å². The van der Waals surface area contributed by atoms with Gasteiger partial charge in [0, 0.05) is 5.92 Å². The molecule has 0 radical (unpaired) electrons. The molecule has 0 aliphatic carbocycles. The summed E-state index contributed by atoms with van der Waals surface area (Å²) in [5, 5.41) is 0. The van der Waals surface area contributed by atoms with Crippen molar-refractivity contribution >= 4 is 5.97 Å². The maximum atomic E-state index is 13.4. The van der Waals surface area contributed by atoms with Crippen LogP contribution in [0, 0.1) is 5.92 Å². The van der Waals surface area contributed by atoms with Gasteiger partial charge in [0.2, 0.25) is 5.67 Å². The van der Waals surface area contributed by atoms with Crippen molar-refractivity contribution in [3.63, 3.8) is 0 Å². The van der Waals surface area contributed by atoms with Crippen molar-refractivity contribution in [2.75, 3.05) is 0 Å². The first-order valence-electron chi connectivity index (χ1n) is 3.90. The molecule has 0 spiro atoms. The van der Waals surface area contributed by atoms with Crippen molar-refractivity contribution in [3.8, 4) is 0 Å². The van der Waals surface area contributed by atoms with E-state index in [0.717, 1.165) is 0 Å². The van der Waals surface area contributed by atoms with Gasteiger partial charge in [-0.1, -0.05) is 13.8 Å². The smallest absolute Gasteiger partial charge is 0.344 e. The summed E-state index contributed by atoms with van der Waals surface area (Å²) < 4.78 is 18.2. The van der Waals surface area contributed by atoms with Crippen LogP contribution in [0.5, 0.6) is 0 Å². The van der Waals surface area contributed by atoms with Gasteiger partial charge in [-0.15, -0.1) is 0 Å². The minimum Gasteiger partial charge on any atom is -0.460 e. The normalized spacial score (nSPS) is 44.2. The summed E-state index contributed by atoms with van der Waals surface area (Å²) in [6.45, 7) is 4.88. The van der Waals surface area contributed by atoms with Crippen LogP contribution < -0.4 is 0 Å². The van der Waals surface area contributed by atoms with Gasteiger partial charge in [-0.2, -0.15) is 0 Å². The third kappa shape index (κ3) is 1.12. The summed E-state index contributed by atoms with van der Waals surface area (Å²) in [5.74, 6) is -1.03. The molecule has 1 saturated heterocycles. The van der Waals surface area contributed by atoms with Gasteiger partial charge < -0.3 is 4.74 Å². The highest BCUT2D eigenvalue weighted by molar-refractivity contribution is 5.81. The SMILES string of the molecule is CCC1OC(=O)C(C)(F)C1C. The van der Waals surface area contributed by atoms with E-state index in [1.54, 1.807) is 6.92 Å². The molecule has 0 saturated carbocycles. The zero-order valence-corrected chi connectivity index (χ0v) is 7.06. The molecule has 0 aromatic heterocycles. The van der Waals surface area contributed by atoms with Crippen LogP contribution in [0.15, 0.2) is 0 Å². The van der Waals surface area contributed by atoms with Gasteiger partial charge in [0.1, 0.15) is 6.10 Å². The molecule has 0 N–H and O–H groups in total. The van der Waals surface area contributed by atoms with E-state index in [1.807, 2.05) is 6.92 Å². The van der Waals surface area contributed by atoms with Crippen molar-refractivity contribution < 1.29 is 13.9 Å². The first-order valence-corrected chi connectivity index (χ1v) is 3.90. The topological polar surface area (TPSA) is 26.3 Å². The standard InChI is InChI=1S/C8H13FO2/c1-4-6-5(2)8(3,9)7(10)11-6/h5-6H,4H2,1-3H3. The fourth-order valence-electron chi connectivity index (χ4n) is 1.33. The molecule has 1 rings (SSSR count). The van der Waals surface area contributed by atoms with Gasteiger partial charge in [-0.3, -0.25) is 0 Å². The summed E-state index contributed by atoms with van der Waals surface area (Å²) in [4.78, 5) is 10.9. The van der Waals surface area contributed by atoms with Crippen molar-refractivity contribution in [1.82, 2.24) is 0 Å². The van der Waals surface area contributed by atoms with Gasteiger partial charge in [0.15, 0.2) is 0 Å². The fraction of sp³-hybridized carbons (Fsp3) is 0.875. The zero-order valence-electron chi connectivity index (χ0n) is 7.06. The molecule has 3 atom stereocenters. The minimum absolute atomic E-state index is 0.238. The molecule has 1 fully saturated rings. The van der Waals surface area contributed by atoms with Gasteiger partial charge in [-0.25, -0.2) is 9.18 Å². The Morgan fingerprint density at radius 3 is 2.45 bits per heavy atom. The molecular formula is C8H13FO2. The second-order valence-electron chi connectivity index (χ2n) is 3.22. The predicted molar refractivity (Wildman–Crippen MR) is 38.8 cm³/mol. The molecule has 11 heavy (non-hydrogen) atoms. The number of hydrogen-bond donors (Lipinski definition) is 0. The number of cyclic esters (lactones) is 1. The van der Waals surface area contributed by atoms with E-state index in [2.05, 4.69) is 0 Å². The van der Waals surface area contributed by atoms with E-state index in [0.29, 0.717) is 6.42 Å². The average molecular weight is 160 g/mol. The van der Waals surface area contributed by atoms with Gasteiger partial charge >= 0.3 is 5.97 Å². The van der Waals surface area contributed by atoms with E-state index >= 15 is 0 Å². The van der Waals surface area contributed by atoms with Crippen molar-refractivity contribution in [2.45, 2.75) is 39.0 Å². The molecule has 0 aromatic carbocycles. The molecule has 1 aliphatic heterocycles. The van der Waals surface area contributed by atoms with Crippen LogP contribution in [-0.2, 0) is 9.53 Å². The van der Waals surface area contributed by atoms with Crippen LogP contribution in [-0.4, -0.2) is 17.7 Å². The van der Waals surface area contributed by atoms with Crippen molar-refractivity contribution in [3.05, 3.63) is 0 Å². The van der Waals surface area contributed by atoms with Crippen LogP contribution in [0.4, 0.5) is 4.39 Å². The van der Waals surface area contributed by atoms with Crippen LogP contribution in [0.2, 0.25) is 0 Å². The summed E-state index contributed by atoms with van der Waals surface area (Å²) in [5.41, 5.74) is -1.78. The second kappa shape index (κ2) is 2.47. The highest BCUT2D eigenvalue weighted by Gasteiger charge is 2.51. The fourth-order valence-corrected chi connectivity index (χ4v) is 1.33. The first-order chi connectivity index (χ1) is 5.00. The maximum Gasteiger partial charge on any atom is 0.344 e. The van der Waals surface area contributed by atoms with E-state index in [-0.39, 0.29) is 12.0 Å². The zero-order chi connectivity index (χ0) is 8.65. The number of carbonyl (C=O) groups is 1. The lowest BCUT2D eigenvalue weighted by Gasteiger charge is -2.15. The molecule has 1 aliphatic rings. The van der Waals surface area contributed by atoms with Crippen molar-refractivity contribution in [1.29, 1.82) is 0 Å².